The van der Waals surface area contributed by atoms with E-state index in [-0.39, 0.29) is 0 Å². The molecule has 4 heteroatoms. The van der Waals surface area contributed by atoms with Crippen LogP contribution in [0.25, 0.3) is 12.2 Å². The van der Waals surface area contributed by atoms with E-state index in [0.717, 1.165) is 46.2 Å². The zero-order chi connectivity index (χ0) is 21.9. The standard InChI is InChI=1S/2C12H13.C2H7Si.2FH.Zr/c2*1-3-10-5-4-6-11-7-9(2)8-12(10)11;1-3-2;;;/h2*4-8H,3H2,1-2H3;3H,1-2H3;2*1H;/q;;;;;+2/p-2. The van der Waals surface area contributed by atoms with Crippen molar-refractivity contribution in [3.8, 4) is 0 Å². The number of aryl methyl sites for hydroxylation is 2. The van der Waals surface area contributed by atoms with Crippen LogP contribution in [-0.2, 0) is 32.0 Å². The molecule has 2 unspecified atom stereocenters. The van der Waals surface area contributed by atoms with Crippen molar-refractivity contribution in [3.05, 3.63) is 80.9 Å². The van der Waals surface area contributed by atoms with Gasteiger partial charge in [-0.1, -0.05) is 0 Å². The van der Waals surface area contributed by atoms with Crippen molar-refractivity contribution in [1.82, 2.24) is 0 Å². The van der Waals surface area contributed by atoms with E-state index >= 15 is 5.25 Å². The predicted octanol–water partition coefficient (Wildman–Crippen LogP) is 7.87. The average molecular weight is 503 g/mol. The molecular weight excluding hydrogens is 470 g/mol. The topological polar surface area (TPSA) is 0 Å². The van der Waals surface area contributed by atoms with Crippen LogP contribution in [0.15, 0.2) is 47.5 Å². The van der Waals surface area contributed by atoms with Gasteiger partial charge in [0, 0.05) is 0 Å². The van der Waals surface area contributed by atoms with E-state index in [1.165, 1.54) is 11.1 Å². The Labute approximate surface area is 183 Å². The molecule has 0 bridgehead atoms. The van der Waals surface area contributed by atoms with Crippen molar-refractivity contribution in [2.45, 2.75) is 60.9 Å². The SMILES string of the molecule is CCc1cccc2c1C=C(C)[CH]2[Zr]([F])([F])([CH]1C(C)=Cc2c(CC)cccc21)[SiH](C)C. The van der Waals surface area contributed by atoms with E-state index in [9.17, 15) is 0 Å². The molecule has 0 radical (unpaired) electrons. The average Bonchev–Trinajstić information content (AvgIpc) is 3.23. The van der Waals surface area contributed by atoms with Gasteiger partial charge in [0.05, 0.1) is 0 Å². The first kappa shape index (κ1) is 22.1. The molecule has 2 aliphatic rings. The molecule has 4 rings (SSSR count). The summed E-state index contributed by atoms with van der Waals surface area (Å²) in [5.41, 5.74) is 8.18. The second-order valence-electron chi connectivity index (χ2n) is 9.57. The summed E-state index contributed by atoms with van der Waals surface area (Å²) in [5, 5.41) is 0. The minimum absolute atomic E-state index is 0.649. The molecule has 0 saturated heterocycles. The molecule has 0 saturated carbocycles. The summed E-state index contributed by atoms with van der Waals surface area (Å²) in [6.45, 7) is 12.0. The summed E-state index contributed by atoms with van der Waals surface area (Å²) >= 11 is -6.35. The molecule has 0 heterocycles. The van der Waals surface area contributed by atoms with Gasteiger partial charge >= 0.3 is 184 Å². The molecular formula is C26H33F2SiZr. The van der Waals surface area contributed by atoms with E-state index in [1.54, 1.807) is 0 Å². The Bertz CT molecular complexity index is 1000. The van der Waals surface area contributed by atoms with Crippen LogP contribution in [0.3, 0.4) is 0 Å². The molecule has 0 nitrogen and oxygen atoms in total. The van der Waals surface area contributed by atoms with Gasteiger partial charge in [-0.15, -0.1) is 0 Å². The molecule has 2 atom stereocenters. The van der Waals surface area contributed by atoms with Gasteiger partial charge in [-0.2, -0.15) is 0 Å². The van der Waals surface area contributed by atoms with Gasteiger partial charge in [-0.25, -0.2) is 0 Å². The van der Waals surface area contributed by atoms with Crippen LogP contribution < -0.4 is 0 Å². The monoisotopic (exact) mass is 501 g/mol. The Hall–Kier alpha value is -1.12. The third-order valence-corrected chi connectivity index (χ3v) is 39.3. The van der Waals surface area contributed by atoms with Crippen molar-refractivity contribution in [2.24, 2.45) is 0 Å². The Kier molecular flexibility index (Phi) is 5.51. The van der Waals surface area contributed by atoms with E-state index in [4.69, 9.17) is 0 Å². The number of fused-ring (bicyclic) bond motifs is 2. The Morgan fingerprint density at radius 3 is 1.50 bits per heavy atom. The van der Waals surface area contributed by atoms with Crippen LogP contribution in [0, 0.1) is 0 Å². The van der Waals surface area contributed by atoms with Crippen molar-refractivity contribution in [3.63, 3.8) is 0 Å². The normalized spacial score (nSPS) is 21.7. The maximum atomic E-state index is 17.9. The van der Waals surface area contributed by atoms with Crippen molar-refractivity contribution in [1.29, 1.82) is 0 Å². The second-order valence-corrected chi connectivity index (χ2v) is 35.8. The Balaban J connectivity index is 1.99. The van der Waals surface area contributed by atoms with Gasteiger partial charge < -0.3 is 0 Å². The van der Waals surface area contributed by atoms with Gasteiger partial charge in [0.15, 0.2) is 0 Å². The fraction of sp³-hybridized carbons (Fsp3) is 0.385. The van der Waals surface area contributed by atoms with Gasteiger partial charge in [-0.05, 0) is 0 Å². The third-order valence-electron chi connectivity index (χ3n) is 7.71. The summed E-state index contributed by atoms with van der Waals surface area (Å²) < 4.78 is 34.4. The van der Waals surface area contributed by atoms with Crippen LogP contribution >= 0.6 is 0 Å². The van der Waals surface area contributed by atoms with Crippen LogP contribution in [0.4, 0.5) is 5.25 Å². The summed E-state index contributed by atoms with van der Waals surface area (Å²) in [4.78, 5) is 0. The van der Waals surface area contributed by atoms with E-state index in [2.05, 4.69) is 38.1 Å². The minimum atomic E-state index is -6.35. The molecule has 0 fully saturated rings. The van der Waals surface area contributed by atoms with Gasteiger partial charge in [0.2, 0.25) is 0 Å². The Morgan fingerprint density at radius 1 is 0.767 bits per heavy atom. The molecule has 0 aliphatic heterocycles. The number of rotatable bonds is 5. The van der Waals surface area contributed by atoms with Crippen LogP contribution in [0.2, 0.25) is 13.1 Å². The fourth-order valence-corrected chi connectivity index (χ4v) is 32.2. The van der Waals surface area contributed by atoms with Crippen molar-refractivity contribution in [2.75, 3.05) is 0 Å². The van der Waals surface area contributed by atoms with Crippen molar-refractivity contribution < 1.29 is 24.4 Å². The zero-order valence-corrected chi connectivity index (χ0v) is 22.6. The van der Waals surface area contributed by atoms with Gasteiger partial charge in [-0.3, -0.25) is 0 Å². The van der Waals surface area contributed by atoms with Gasteiger partial charge in [0.1, 0.15) is 0 Å². The fourth-order valence-electron chi connectivity index (χ4n) is 6.15. The number of halogens is 2. The molecule has 30 heavy (non-hydrogen) atoms. The number of benzene rings is 2. The number of hydrogen-bond donors (Lipinski definition) is 0. The quantitative estimate of drug-likeness (QED) is 0.365. The van der Waals surface area contributed by atoms with Crippen molar-refractivity contribution >= 4 is 18.1 Å². The second kappa shape index (κ2) is 7.48. The summed E-state index contributed by atoms with van der Waals surface area (Å²) in [6, 6.07) is 12.2. The predicted molar refractivity (Wildman–Crippen MR) is 126 cm³/mol. The summed E-state index contributed by atoms with van der Waals surface area (Å²) in [7, 11) is 0. The summed E-state index contributed by atoms with van der Waals surface area (Å²) in [5.74, 6) is -2.27. The van der Waals surface area contributed by atoms with E-state index in [1.807, 2.05) is 51.2 Å². The van der Waals surface area contributed by atoms with Crippen LogP contribution in [-0.4, -0.2) is 5.92 Å². The summed E-state index contributed by atoms with van der Waals surface area (Å²) in [6.07, 6.45) is 5.93. The maximum absolute atomic E-state index is 17.9. The number of allylic oxidation sites excluding steroid dienone is 2. The molecule has 0 amide bonds. The van der Waals surface area contributed by atoms with Crippen LogP contribution in [0.1, 0.15) is 68.3 Å². The first-order valence-corrected chi connectivity index (χ1v) is 23.2. The molecule has 2 aliphatic carbocycles. The molecule has 2 aromatic carbocycles. The van der Waals surface area contributed by atoms with Gasteiger partial charge in [0.25, 0.3) is 0 Å². The molecule has 0 aromatic heterocycles. The number of hydrogen-bond acceptors (Lipinski definition) is 0. The molecule has 0 spiro atoms. The molecule has 2 aromatic rings. The Morgan fingerprint density at radius 2 is 1.17 bits per heavy atom. The van der Waals surface area contributed by atoms with E-state index in [0.29, 0.717) is 0 Å². The molecule has 159 valence electrons. The van der Waals surface area contributed by atoms with Crippen LogP contribution in [0.5, 0.6) is 0 Å². The first-order chi connectivity index (χ1) is 14.1. The molecule has 0 N–H and O–H groups in total. The first-order valence-electron chi connectivity index (χ1n) is 11.3. The third kappa shape index (κ3) is 2.89. The van der Waals surface area contributed by atoms with E-state index < -0.39 is 32.3 Å². The zero-order valence-electron chi connectivity index (χ0n) is 19.0.